The number of nitrogens with zero attached hydrogens (tertiary/aromatic N) is 3. The van der Waals surface area contributed by atoms with E-state index in [-0.39, 0.29) is 25.3 Å². The minimum absolute atomic E-state index is 0.000728. The second-order valence-electron chi connectivity index (χ2n) is 12.6. The summed E-state index contributed by atoms with van der Waals surface area (Å²) in [6.07, 6.45) is -0.780. The predicted octanol–water partition coefficient (Wildman–Crippen LogP) is 6.82. The molecule has 3 aliphatic heterocycles. The van der Waals surface area contributed by atoms with Crippen LogP contribution in [0.2, 0.25) is 0 Å². The van der Waals surface area contributed by atoms with E-state index in [0.29, 0.717) is 45.8 Å². The Morgan fingerprint density at radius 1 is 0.933 bits per heavy atom. The quantitative estimate of drug-likeness (QED) is 0.247. The maximum Gasteiger partial charge on any atom is 0.416 e. The number of rotatable bonds is 7. The van der Waals surface area contributed by atoms with Crippen LogP contribution >= 0.6 is 0 Å². The standard InChI is InChI=1S/C35H33F3N4O3/c36-35(37,38)25-7-3-21(4-8-25)17-39-33-16-28(34(43)42-18-24-14-26(24)30(42)19-41-11-1-2-12-41)27-13-22(5-9-29(27)40-33)23-6-10-31-32(15-23)45-20-44-31/h3-10,13,15-16,24,26,30H,1-2,11-12,14,17-20H2,(H,39,40)/t24?,26?,30-/m1/s1. The van der Waals surface area contributed by atoms with E-state index in [9.17, 15) is 18.0 Å². The molecule has 4 aliphatic rings. The zero-order valence-corrected chi connectivity index (χ0v) is 24.6. The van der Waals surface area contributed by atoms with Crippen molar-refractivity contribution < 1.29 is 27.4 Å². The maximum atomic E-state index is 14.5. The van der Waals surface area contributed by atoms with Crippen LogP contribution in [0, 0.1) is 11.8 Å². The lowest BCUT2D eigenvalue weighted by molar-refractivity contribution is -0.137. The monoisotopic (exact) mass is 614 g/mol. The third kappa shape index (κ3) is 5.45. The molecule has 2 unspecified atom stereocenters. The Balaban J connectivity index is 1.13. The molecular formula is C35H33F3N4O3. The molecule has 232 valence electrons. The van der Waals surface area contributed by atoms with Crippen molar-refractivity contribution in [2.24, 2.45) is 11.8 Å². The van der Waals surface area contributed by atoms with Crippen LogP contribution in [-0.4, -0.2) is 59.7 Å². The molecule has 3 fully saturated rings. The molecule has 2 saturated heterocycles. The van der Waals surface area contributed by atoms with E-state index in [0.717, 1.165) is 54.8 Å². The summed E-state index contributed by atoms with van der Waals surface area (Å²) in [5, 5.41) is 4.02. The number of likely N-dealkylation sites (tertiary alicyclic amines) is 2. The Bertz CT molecular complexity index is 1770. The fraction of sp³-hybridized carbons (Fsp3) is 0.371. The van der Waals surface area contributed by atoms with E-state index >= 15 is 0 Å². The van der Waals surface area contributed by atoms with Crippen LogP contribution < -0.4 is 14.8 Å². The minimum atomic E-state index is -4.39. The molecule has 1 aliphatic carbocycles. The van der Waals surface area contributed by atoms with E-state index in [1.54, 1.807) is 6.07 Å². The summed E-state index contributed by atoms with van der Waals surface area (Å²) in [5.41, 5.74) is 3.11. The number of piperidine rings is 1. The van der Waals surface area contributed by atoms with Crippen LogP contribution in [0.4, 0.5) is 19.0 Å². The van der Waals surface area contributed by atoms with Gasteiger partial charge < -0.3 is 24.6 Å². The van der Waals surface area contributed by atoms with Gasteiger partial charge in [-0.05, 0) is 103 Å². The molecule has 1 N–H and O–H groups in total. The smallest absolute Gasteiger partial charge is 0.416 e. The van der Waals surface area contributed by atoms with Gasteiger partial charge in [0, 0.05) is 31.1 Å². The van der Waals surface area contributed by atoms with Gasteiger partial charge in [0.1, 0.15) is 5.82 Å². The first-order chi connectivity index (χ1) is 21.8. The molecule has 45 heavy (non-hydrogen) atoms. The van der Waals surface area contributed by atoms with Gasteiger partial charge in [-0.1, -0.05) is 24.3 Å². The first-order valence-corrected chi connectivity index (χ1v) is 15.6. The summed E-state index contributed by atoms with van der Waals surface area (Å²) in [6.45, 7) is 4.32. The number of alkyl halides is 3. The molecule has 10 heteroatoms. The second kappa shape index (κ2) is 10.9. The van der Waals surface area contributed by atoms with E-state index in [2.05, 4.69) is 15.1 Å². The van der Waals surface area contributed by atoms with Crippen molar-refractivity contribution in [3.05, 3.63) is 83.4 Å². The van der Waals surface area contributed by atoms with Crippen LogP contribution in [0.15, 0.2) is 66.7 Å². The van der Waals surface area contributed by atoms with Gasteiger partial charge in [-0.25, -0.2) is 4.98 Å². The molecule has 0 bridgehead atoms. The predicted molar refractivity (Wildman–Crippen MR) is 164 cm³/mol. The van der Waals surface area contributed by atoms with Crippen molar-refractivity contribution in [1.29, 1.82) is 0 Å². The number of hydrogen-bond acceptors (Lipinski definition) is 6. The number of pyridine rings is 1. The first-order valence-electron chi connectivity index (χ1n) is 15.6. The minimum Gasteiger partial charge on any atom is -0.454 e. The van der Waals surface area contributed by atoms with Gasteiger partial charge in [0.05, 0.1) is 16.6 Å². The number of amides is 1. The Kier molecular flexibility index (Phi) is 6.85. The highest BCUT2D eigenvalue weighted by Gasteiger charge is 2.54. The van der Waals surface area contributed by atoms with Gasteiger partial charge in [-0.15, -0.1) is 0 Å². The molecule has 1 saturated carbocycles. The number of carbonyl (C=O) groups is 1. The lowest BCUT2D eigenvalue weighted by Crippen LogP contribution is -2.45. The van der Waals surface area contributed by atoms with Crippen LogP contribution in [-0.2, 0) is 12.7 Å². The molecule has 0 radical (unpaired) electrons. The number of nitrogens with one attached hydrogen (secondary N) is 1. The number of hydrogen-bond donors (Lipinski definition) is 1. The Morgan fingerprint density at radius 2 is 1.69 bits per heavy atom. The number of ether oxygens (including phenoxy) is 2. The normalized spacial score (nSPS) is 22.2. The average Bonchev–Trinajstić information content (AvgIpc) is 3.37. The van der Waals surface area contributed by atoms with Crippen LogP contribution in [0.5, 0.6) is 11.5 Å². The number of carbonyl (C=O) groups excluding carboxylic acids is 1. The van der Waals surface area contributed by atoms with E-state index in [1.165, 1.54) is 31.4 Å². The zero-order chi connectivity index (χ0) is 30.7. The van der Waals surface area contributed by atoms with Crippen molar-refractivity contribution in [1.82, 2.24) is 14.8 Å². The third-order valence-electron chi connectivity index (χ3n) is 9.71. The van der Waals surface area contributed by atoms with E-state index < -0.39 is 11.7 Å². The van der Waals surface area contributed by atoms with Crippen LogP contribution in [0.3, 0.4) is 0 Å². The summed E-state index contributed by atoms with van der Waals surface area (Å²) in [7, 11) is 0. The van der Waals surface area contributed by atoms with Crippen molar-refractivity contribution in [2.45, 2.75) is 38.0 Å². The Morgan fingerprint density at radius 3 is 2.49 bits per heavy atom. The molecule has 4 aromatic rings. The number of anilines is 1. The van der Waals surface area contributed by atoms with E-state index in [4.69, 9.17) is 14.5 Å². The number of fused-ring (bicyclic) bond motifs is 3. The van der Waals surface area contributed by atoms with Crippen molar-refractivity contribution >= 4 is 22.6 Å². The topological polar surface area (TPSA) is 66.9 Å². The average molecular weight is 615 g/mol. The fourth-order valence-corrected chi connectivity index (χ4v) is 7.18. The molecule has 1 aromatic heterocycles. The van der Waals surface area contributed by atoms with Gasteiger partial charge in [0.2, 0.25) is 6.79 Å². The summed E-state index contributed by atoms with van der Waals surface area (Å²) in [4.78, 5) is 23.9. The first kappa shape index (κ1) is 28.2. The van der Waals surface area contributed by atoms with Crippen LogP contribution in [0.1, 0.15) is 40.7 Å². The molecule has 3 aromatic carbocycles. The molecule has 7 nitrogen and oxygen atoms in total. The maximum absolute atomic E-state index is 14.5. The highest BCUT2D eigenvalue weighted by molar-refractivity contribution is 6.08. The number of aromatic nitrogens is 1. The Hall–Kier alpha value is -4.31. The zero-order valence-electron chi connectivity index (χ0n) is 24.6. The summed E-state index contributed by atoms with van der Waals surface area (Å²) < 4.78 is 50.2. The summed E-state index contributed by atoms with van der Waals surface area (Å²) >= 11 is 0. The third-order valence-corrected chi connectivity index (χ3v) is 9.71. The van der Waals surface area contributed by atoms with Crippen molar-refractivity contribution in [3.63, 3.8) is 0 Å². The largest absolute Gasteiger partial charge is 0.454 e. The molecule has 4 heterocycles. The molecule has 0 spiro atoms. The lowest BCUT2D eigenvalue weighted by atomic mass is 9.99. The van der Waals surface area contributed by atoms with Gasteiger partial charge in [0.25, 0.3) is 5.91 Å². The van der Waals surface area contributed by atoms with Gasteiger partial charge >= 0.3 is 6.18 Å². The van der Waals surface area contributed by atoms with Gasteiger partial charge in [-0.2, -0.15) is 13.2 Å². The number of halogens is 3. The summed E-state index contributed by atoms with van der Waals surface area (Å²) in [6, 6.07) is 18.8. The fourth-order valence-electron chi connectivity index (χ4n) is 7.18. The van der Waals surface area contributed by atoms with Crippen molar-refractivity contribution in [2.75, 3.05) is 38.3 Å². The highest BCUT2D eigenvalue weighted by atomic mass is 19.4. The SMILES string of the molecule is O=C(c1cc(NCc2ccc(C(F)(F)F)cc2)nc2ccc(-c3ccc4c(c3)OCO4)cc12)N1CC2CC2[C@H]1CN1CCCC1. The van der Waals surface area contributed by atoms with Gasteiger partial charge in [0.15, 0.2) is 11.5 Å². The van der Waals surface area contributed by atoms with Crippen molar-refractivity contribution in [3.8, 4) is 22.6 Å². The second-order valence-corrected chi connectivity index (χ2v) is 12.6. The molecule has 3 atom stereocenters. The molecular weight excluding hydrogens is 581 g/mol. The van der Waals surface area contributed by atoms with Crippen LogP contribution in [0.25, 0.3) is 22.0 Å². The van der Waals surface area contributed by atoms with Gasteiger partial charge in [-0.3, -0.25) is 4.79 Å². The number of benzene rings is 3. The molecule has 8 rings (SSSR count). The van der Waals surface area contributed by atoms with E-state index in [1.807, 2.05) is 36.4 Å². The summed E-state index contributed by atoms with van der Waals surface area (Å²) in [5.74, 6) is 3.02. The Labute approximate surface area is 258 Å². The molecule has 1 amide bonds. The highest BCUT2D eigenvalue weighted by Crippen LogP contribution is 2.50. The lowest BCUT2D eigenvalue weighted by Gasteiger charge is -2.31.